The first kappa shape index (κ1) is 22.2. The highest BCUT2D eigenvalue weighted by Crippen LogP contribution is 2.22. The van der Waals surface area contributed by atoms with Crippen LogP contribution in [0, 0.1) is 17.8 Å². The molecule has 0 saturated heterocycles. The molecule has 1 rings (SSSR count). The van der Waals surface area contributed by atoms with Gasteiger partial charge in [-0.1, -0.05) is 32.8 Å². The summed E-state index contributed by atoms with van der Waals surface area (Å²) in [7, 11) is 0.234. The second-order valence-electron chi connectivity index (χ2n) is 7.54. The van der Waals surface area contributed by atoms with Gasteiger partial charge in [-0.2, -0.15) is 4.72 Å². The molecule has 0 heterocycles. The molecule has 0 aliphatic rings. The number of carbonyl (C=O) groups excluding carboxylic acids is 1. The lowest BCUT2D eigenvalue weighted by atomic mass is 9.84. The van der Waals surface area contributed by atoms with Gasteiger partial charge in [-0.3, -0.25) is 4.79 Å². The molecule has 0 aliphatic heterocycles. The Balaban J connectivity index is 2.99. The molecule has 0 aliphatic carbocycles. The number of rotatable bonds is 8. The Labute approximate surface area is 157 Å². The molecule has 1 atom stereocenters. The van der Waals surface area contributed by atoms with E-state index in [-0.39, 0.29) is 28.8 Å². The van der Waals surface area contributed by atoms with Crippen molar-refractivity contribution >= 4 is 15.9 Å². The fourth-order valence-corrected chi connectivity index (χ4v) is 3.35. The Kier molecular flexibility index (Phi) is 7.82. The maximum atomic E-state index is 12.7. The van der Waals surface area contributed by atoms with Crippen LogP contribution in [-0.4, -0.2) is 52.5 Å². The van der Waals surface area contributed by atoms with Gasteiger partial charge in [0.15, 0.2) is 0 Å². The molecular formula is C19H29N3O3S. The van der Waals surface area contributed by atoms with Crippen molar-refractivity contribution in [1.29, 1.82) is 0 Å². The number of nitrogens with zero attached hydrogens (tertiary/aromatic N) is 1. The summed E-state index contributed by atoms with van der Waals surface area (Å²) < 4.78 is 26.6. The van der Waals surface area contributed by atoms with E-state index in [9.17, 15) is 13.2 Å². The van der Waals surface area contributed by atoms with E-state index >= 15 is 0 Å². The number of carbonyl (C=O) groups is 1. The molecule has 6 nitrogen and oxygen atoms in total. The largest absolute Gasteiger partial charge is 0.349 e. The molecule has 1 unspecified atom stereocenters. The monoisotopic (exact) mass is 379 g/mol. The van der Waals surface area contributed by atoms with Gasteiger partial charge < -0.3 is 10.2 Å². The van der Waals surface area contributed by atoms with Crippen LogP contribution in [0.2, 0.25) is 0 Å². The average Bonchev–Trinajstić information content (AvgIpc) is 2.55. The molecular weight excluding hydrogens is 350 g/mol. The molecule has 0 spiro atoms. The lowest BCUT2D eigenvalue weighted by Gasteiger charge is -2.32. The summed E-state index contributed by atoms with van der Waals surface area (Å²) in [5, 5.41) is 3.04. The second kappa shape index (κ2) is 9.17. The molecule has 0 radical (unpaired) electrons. The van der Waals surface area contributed by atoms with Crippen molar-refractivity contribution in [2.75, 3.05) is 27.2 Å². The Hall–Kier alpha value is -1.88. The van der Waals surface area contributed by atoms with Gasteiger partial charge in [0.2, 0.25) is 10.0 Å². The topological polar surface area (TPSA) is 78.5 Å². The fraction of sp³-hybridized carbons (Fsp3) is 0.526. The first-order chi connectivity index (χ1) is 12.0. The minimum absolute atomic E-state index is 0.0148. The molecule has 1 amide bonds. The lowest BCUT2D eigenvalue weighted by Crippen LogP contribution is -2.45. The molecule has 7 heteroatoms. The smallest absolute Gasteiger partial charge is 0.251 e. The van der Waals surface area contributed by atoms with Gasteiger partial charge in [0.1, 0.15) is 0 Å². The lowest BCUT2D eigenvalue weighted by molar-refractivity contribution is 0.0892. The maximum absolute atomic E-state index is 12.7. The summed E-state index contributed by atoms with van der Waals surface area (Å²) in [5.41, 5.74) is 0.177. The van der Waals surface area contributed by atoms with E-state index in [1.165, 1.54) is 12.1 Å². The molecule has 1 aromatic rings. The minimum Gasteiger partial charge on any atom is -0.349 e. The average molecular weight is 380 g/mol. The van der Waals surface area contributed by atoms with E-state index in [1.807, 2.05) is 14.1 Å². The van der Waals surface area contributed by atoms with Crippen LogP contribution in [0.5, 0.6) is 0 Å². The van der Waals surface area contributed by atoms with Crippen molar-refractivity contribution in [3.63, 3.8) is 0 Å². The molecule has 0 fully saturated rings. The minimum atomic E-state index is -3.74. The van der Waals surface area contributed by atoms with Crippen LogP contribution < -0.4 is 10.0 Å². The number of amides is 1. The molecule has 26 heavy (non-hydrogen) atoms. The van der Waals surface area contributed by atoms with Gasteiger partial charge in [-0.15, -0.1) is 6.42 Å². The van der Waals surface area contributed by atoms with Crippen molar-refractivity contribution in [3.8, 4) is 12.3 Å². The van der Waals surface area contributed by atoms with Crippen LogP contribution in [0.1, 0.15) is 37.6 Å². The van der Waals surface area contributed by atoms with Crippen LogP contribution in [-0.2, 0) is 10.0 Å². The second-order valence-corrected chi connectivity index (χ2v) is 9.31. The highest BCUT2D eigenvalue weighted by Gasteiger charge is 2.27. The van der Waals surface area contributed by atoms with Crippen molar-refractivity contribution in [2.45, 2.75) is 38.1 Å². The summed E-state index contributed by atoms with van der Waals surface area (Å²) in [6, 6.07) is 5.90. The van der Waals surface area contributed by atoms with Crippen LogP contribution in [0.3, 0.4) is 0 Å². The number of nitrogens with one attached hydrogen (secondary N) is 2. The Morgan fingerprint density at radius 2 is 1.96 bits per heavy atom. The van der Waals surface area contributed by atoms with Crippen LogP contribution in [0.15, 0.2) is 29.2 Å². The van der Waals surface area contributed by atoms with Gasteiger partial charge in [0.05, 0.1) is 11.4 Å². The number of hydrogen-bond donors (Lipinski definition) is 2. The molecule has 0 saturated carbocycles. The molecule has 0 bridgehead atoms. The zero-order chi connectivity index (χ0) is 20.0. The summed E-state index contributed by atoms with van der Waals surface area (Å²) in [5.74, 6) is 1.93. The molecule has 1 aromatic carbocycles. The number of benzene rings is 1. The highest BCUT2D eigenvalue weighted by atomic mass is 32.2. The summed E-state index contributed by atoms with van der Waals surface area (Å²) in [6.07, 6.45) is 5.89. The number of hydrogen-bond acceptors (Lipinski definition) is 4. The number of sulfonamides is 1. The van der Waals surface area contributed by atoms with Gasteiger partial charge in [0.25, 0.3) is 5.91 Å². The van der Waals surface area contributed by atoms with Crippen LogP contribution in [0.25, 0.3) is 0 Å². The molecule has 2 N–H and O–H groups in total. The molecule has 0 aromatic heterocycles. The van der Waals surface area contributed by atoms with E-state index < -0.39 is 10.0 Å². The Morgan fingerprint density at radius 1 is 1.31 bits per heavy atom. The predicted octanol–water partition coefficient (Wildman–Crippen LogP) is 1.69. The van der Waals surface area contributed by atoms with E-state index in [2.05, 4.69) is 41.6 Å². The molecule has 144 valence electrons. The van der Waals surface area contributed by atoms with E-state index in [0.29, 0.717) is 5.56 Å². The summed E-state index contributed by atoms with van der Waals surface area (Å²) in [4.78, 5) is 14.7. The summed E-state index contributed by atoms with van der Waals surface area (Å²) in [6.45, 7) is 6.94. The standard InChI is InChI=1S/C19H29N3O3S/c1-7-12-20-26(24,25)16-10-8-9-15(14-16)18(23)21-17(19(2,3)4)11-13-22(5)6/h1,8-10,14,17,20H,11-13H2,2-6H3,(H,21,23). The SMILES string of the molecule is C#CCNS(=O)(=O)c1cccc(C(=O)NC(CCN(C)C)C(C)(C)C)c1. The van der Waals surface area contributed by atoms with Crippen molar-refractivity contribution < 1.29 is 13.2 Å². The Bertz CT molecular complexity index is 759. The zero-order valence-corrected chi connectivity index (χ0v) is 17.0. The van der Waals surface area contributed by atoms with Gasteiger partial charge in [0, 0.05) is 11.6 Å². The summed E-state index contributed by atoms with van der Waals surface area (Å²) >= 11 is 0. The Morgan fingerprint density at radius 3 is 2.50 bits per heavy atom. The zero-order valence-electron chi connectivity index (χ0n) is 16.2. The van der Waals surface area contributed by atoms with Gasteiger partial charge in [-0.25, -0.2) is 8.42 Å². The number of terminal acetylenes is 1. The third-order valence-corrected chi connectivity index (χ3v) is 5.39. The van der Waals surface area contributed by atoms with E-state index in [0.717, 1.165) is 13.0 Å². The van der Waals surface area contributed by atoms with Gasteiger partial charge in [-0.05, 0) is 50.7 Å². The quantitative estimate of drug-likeness (QED) is 0.674. The fourth-order valence-electron chi connectivity index (χ4n) is 2.38. The first-order valence-electron chi connectivity index (χ1n) is 8.46. The highest BCUT2D eigenvalue weighted by molar-refractivity contribution is 7.89. The maximum Gasteiger partial charge on any atom is 0.251 e. The van der Waals surface area contributed by atoms with Crippen molar-refractivity contribution in [3.05, 3.63) is 29.8 Å². The third-order valence-electron chi connectivity index (χ3n) is 3.99. The van der Waals surface area contributed by atoms with Crippen LogP contribution in [0.4, 0.5) is 0 Å². The van der Waals surface area contributed by atoms with Gasteiger partial charge >= 0.3 is 0 Å². The van der Waals surface area contributed by atoms with E-state index in [4.69, 9.17) is 6.42 Å². The first-order valence-corrected chi connectivity index (χ1v) is 9.94. The van der Waals surface area contributed by atoms with E-state index in [1.54, 1.807) is 12.1 Å². The third kappa shape index (κ3) is 6.79. The van der Waals surface area contributed by atoms with Crippen LogP contribution >= 0.6 is 0 Å². The van der Waals surface area contributed by atoms with Crippen molar-refractivity contribution in [1.82, 2.24) is 14.9 Å². The predicted molar refractivity (Wildman–Crippen MR) is 104 cm³/mol. The van der Waals surface area contributed by atoms with Crippen molar-refractivity contribution in [2.24, 2.45) is 5.41 Å². The normalized spacial score (nSPS) is 13.3.